The van der Waals surface area contributed by atoms with Crippen LogP contribution in [0, 0.1) is 0 Å². The molecule has 0 bridgehead atoms. The van der Waals surface area contributed by atoms with Gasteiger partial charge in [0, 0.05) is 0 Å². The zero-order valence-electron chi connectivity index (χ0n) is 14.3. The molecule has 0 aromatic heterocycles. The molecular weight excluding hydrogens is 407 g/mol. The Hall–Kier alpha value is 0.510. The number of hydrogen-bond acceptors (Lipinski definition) is 13. The van der Waals surface area contributed by atoms with Crippen LogP contribution in [0.5, 0.6) is 0 Å². The van der Waals surface area contributed by atoms with Gasteiger partial charge in [0.1, 0.15) is 42.7 Å². The van der Waals surface area contributed by atoms with Gasteiger partial charge in [0.2, 0.25) is 10.4 Å². The molecule has 0 amide bonds. The van der Waals surface area contributed by atoms with Crippen LogP contribution in [-0.4, -0.2) is 119 Å². The molecule has 0 spiro atoms. The summed E-state index contributed by atoms with van der Waals surface area (Å²) in [5.74, 6) is 0. The molecule has 2 fully saturated rings. The van der Waals surface area contributed by atoms with Crippen molar-refractivity contribution in [3.63, 3.8) is 0 Å². The second-order valence-corrected chi connectivity index (χ2v) is 6.90. The summed E-state index contributed by atoms with van der Waals surface area (Å²) in [5.41, 5.74) is 0. The van der Waals surface area contributed by atoms with Gasteiger partial charge in [0.15, 0.2) is 12.4 Å². The average molecular weight is 428 g/mol. The van der Waals surface area contributed by atoms with Crippen molar-refractivity contribution in [1.29, 1.82) is 0 Å². The van der Waals surface area contributed by atoms with Gasteiger partial charge in [-0.3, -0.25) is 4.18 Å². The number of aliphatic hydroxyl groups excluding tert-OH is 6. The molecule has 27 heavy (non-hydrogen) atoms. The standard InChI is InChI=1S/C12H22O13S.Na/c13-1-4(15)9-10(5(16)3-22-9)24-12-11(25-26(19,20)21)8(18)7(17)6(2-14)23-12;/h4-18H,1-3H2,(H,19,20,21);/q;+1/p-1/t4-,5+,6-,7+,8+,9+,10-,11-,12+;/m1./s1. The maximum atomic E-state index is 10.9. The van der Waals surface area contributed by atoms with Crippen LogP contribution in [-0.2, 0) is 28.8 Å². The van der Waals surface area contributed by atoms with E-state index in [1.54, 1.807) is 0 Å². The van der Waals surface area contributed by atoms with Crippen LogP contribution in [0.1, 0.15) is 0 Å². The second-order valence-electron chi connectivity index (χ2n) is 5.89. The average Bonchev–Trinajstić information content (AvgIpc) is 2.93. The molecule has 154 valence electrons. The summed E-state index contributed by atoms with van der Waals surface area (Å²) in [6, 6.07) is 0. The number of ether oxygens (including phenoxy) is 3. The van der Waals surface area contributed by atoms with Gasteiger partial charge in [0.05, 0.1) is 19.8 Å². The van der Waals surface area contributed by atoms with Gasteiger partial charge in [-0.25, -0.2) is 8.42 Å². The molecule has 2 heterocycles. The summed E-state index contributed by atoms with van der Waals surface area (Å²) in [4.78, 5) is 0. The third-order valence-corrected chi connectivity index (χ3v) is 4.53. The topological polar surface area (TPSA) is 215 Å². The Morgan fingerprint density at radius 1 is 1.15 bits per heavy atom. The van der Waals surface area contributed by atoms with Crippen molar-refractivity contribution in [3.8, 4) is 0 Å². The van der Waals surface area contributed by atoms with Crippen LogP contribution in [0.4, 0.5) is 0 Å². The minimum Gasteiger partial charge on any atom is -0.726 e. The molecule has 0 saturated carbocycles. The Bertz CT molecular complexity index is 561. The van der Waals surface area contributed by atoms with E-state index in [2.05, 4.69) is 4.18 Å². The predicted molar refractivity (Wildman–Crippen MR) is 76.0 cm³/mol. The van der Waals surface area contributed by atoms with Crippen molar-refractivity contribution >= 4 is 10.4 Å². The molecule has 2 aliphatic rings. The van der Waals surface area contributed by atoms with Crippen molar-refractivity contribution in [1.82, 2.24) is 0 Å². The first-order valence-electron chi connectivity index (χ1n) is 7.59. The smallest absolute Gasteiger partial charge is 0.726 e. The van der Waals surface area contributed by atoms with Gasteiger partial charge in [-0.05, 0) is 0 Å². The van der Waals surface area contributed by atoms with E-state index in [9.17, 15) is 38.5 Å². The monoisotopic (exact) mass is 428 g/mol. The van der Waals surface area contributed by atoms with E-state index in [0.717, 1.165) is 0 Å². The number of hydrogen-bond donors (Lipinski definition) is 6. The van der Waals surface area contributed by atoms with Gasteiger partial charge in [0.25, 0.3) is 0 Å². The van der Waals surface area contributed by atoms with E-state index >= 15 is 0 Å². The fourth-order valence-electron chi connectivity index (χ4n) is 2.78. The molecule has 13 nitrogen and oxygen atoms in total. The number of aliphatic hydroxyl groups is 6. The second kappa shape index (κ2) is 10.5. The van der Waals surface area contributed by atoms with Crippen molar-refractivity contribution in [2.45, 2.75) is 55.1 Å². The molecule has 0 unspecified atom stereocenters. The first-order chi connectivity index (χ1) is 12.1. The van der Waals surface area contributed by atoms with E-state index < -0.39 is 78.7 Å². The van der Waals surface area contributed by atoms with Gasteiger partial charge in [-0.1, -0.05) is 0 Å². The maximum absolute atomic E-state index is 10.9. The largest absolute Gasteiger partial charge is 1.00 e. The Balaban J connectivity index is 0.00000364. The third-order valence-electron chi connectivity index (χ3n) is 4.07. The molecular formula is C12H21NaO13S. The van der Waals surface area contributed by atoms with Crippen LogP contribution in [0.25, 0.3) is 0 Å². The van der Waals surface area contributed by atoms with Gasteiger partial charge in [-0.15, -0.1) is 0 Å². The summed E-state index contributed by atoms with van der Waals surface area (Å²) in [7, 11) is -5.35. The fraction of sp³-hybridized carbons (Fsp3) is 1.00. The molecule has 6 N–H and O–H groups in total. The Kier molecular flexibility index (Phi) is 9.95. The van der Waals surface area contributed by atoms with E-state index in [-0.39, 0.29) is 36.2 Å². The summed E-state index contributed by atoms with van der Waals surface area (Å²) in [6.07, 6.45) is -14.4. The normalized spacial score (nSPS) is 41.1. The summed E-state index contributed by atoms with van der Waals surface area (Å²) in [5, 5.41) is 57.6. The van der Waals surface area contributed by atoms with E-state index in [1.165, 1.54) is 0 Å². The quantitative estimate of drug-likeness (QED) is 0.126. The van der Waals surface area contributed by atoms with Crippen LogP contribution < -0.4 is 29.6 Å². The van der Waals surface area contributed by atoms with Gasteiger partial charge >= 0.3 is 29.6 Å². The first kappa shape index (κ1) is 25.5. The van der Waals surface area contributed by atoms with Crippen molar-refractivity contribution in [2.75, 3.05) is 19.8 Å². The molecule has 2 saturated heterocycles. The molecule has 2 aliphatic heterocycles. The first-order valence-corrected chi connectivity index (χ1v) is 8.93. The number of rotatable bonds is 7. The van der Waals surface area contributed by atoms with E-state index in [4.69, 9.17) is 19.3 Å². The van der Waals surface area contributed by atoms with Crippen LogP contribution in [0.2, 0.25) is 0 Å². The van der Waals surface area contributed by atoms with Gasteiger partial charge < -0.3 is 49.4 Å². The van der Waals surface area contributed by atoms with Crippen LogP contribution in [0.3, 0.4) is 0 Å². The van der Waals surface area contributed by atoms with Gasteiger partial charge in [-0.2, -0.15) is 0 Å². The van der Waals surface area contributed by atoms with E-state index in [1.807, 2.05) is 0 Å². The Morgan fingerprint density at radius 3 is 2.30 bits per heavy atom. The zero-order valence-corrected chi connectivity index (χ0v) is 17.1. The Labute approximate surface area is 176 Å². The van der Waals surface area contributed by atoms with Crippen molar-refractivity contribution < 1.29 is 91.6 Å². The molecule has 0 radical (unpaired) electrons. The van der Waals surface area contributed by atoms with Crippen molar-refractivity contribution in [3.05, 3.63) is 0 Å². The molecule has 0 aromatic carbocycles. The summed E-state index contributed by atoms with van der Waals surface area (Å²) >= 11 is 0. The summed E-state index contributed by atoms with van der Waals surface area (Å²) in [6.45, 7) is -1.82. The molecule has 15 heteroatoms. The third kappa shape index (κ3) is 6.24. The molecule has 2 rings (SSSR count). The SMILES string of the molecule is O=S(=O)([O-])O[C@H]1[C@H](O[C@H]2[C@H]([C@H](O)CO)OC[C@@H]2O)O[C@H](CO)[C@H](O)[C@@H]1O.[Na+]. The zero-order chi connectivity index (χ0) is 19.6. The Morgan fingerprint density at radius 2 is 1.78 bits per heavy atom. The predicted octanol–water partition coefficient (Wildman–Crippen LogP) is -8.23. The maximum Gasteiger partial charge on any atom is 1.00 e. The van der Waals surface area contributed by atoms with Crippen LogP contribution >= 0.6 is 0 Å². The van der Waals surface area contributed by atoms with E-state index in [0.29, 0.717) is 0 Å². The van der Waals surface area contributed by atoms with Crippen molar-refractivity contribution in [2.24, 2.45) is 0 Å². The molecule has 0 aromatic rings. The minimum absolute atomic E-state index is 0. The summed E-state index contributed by atoms with van der Waals surface area (Å²) < 4.78 is 52.4. The molecule has 0 aliphatic carbocycles. The molecule has 9 atom stereocenters. The fourth-order valence-corrected chi connectivity index (χ4v) is 3.26. The van der Waals surface area contributed by atoms with Crippen LogP contribution in [0.15, 0.2) is 0 Å². The minimum atomic E-state index is -5.35.